The predicted octanol–water partition coefficient (Wildman–Crippen LogP) is -0.283. The van der Waals surface area contributed by atoms with Crippen LogP contribution in [0, 0.1) is 0 Å². The van der Waals surface area contributed by atoms with Gasteiger partial charge in [-0.3, -0.25) is 4.79 Å². The maximum Gasteiger partial charge on any atom is 0.306 e. The van der Waals surface area contributed by atoms with Crippen LogP contribution in [0.1, 0.15) is 24.8 Å². The molecule has 1 aromatic carbocycles. The maximum absolute atomic E-state index is 11.7. The van der Waals surface area contributed by atoms with E-state index < -0.39 is 37.3 Å². The minimum atomic E-state index is -1.46. The molecule has 1 saturated heterocycles. The molecule has 8 heteroatoms. The summed E-state index contributed by atoms with van der Waals surface area (Å²) in [5, 5.41) is 38.3. The van der Waals surface area contributed by atoms with Crippen LogP contribution < -0.4 is 0 Å². The van der Waals surface area contributed by atoms with Crippen LogP contribution >= 0.6 is 0 Å². The lowest BCUT2D eigenvalue weighted by atomic mass is 9.99. The van der Waals surface area contributed by atoms with Gasteiger partial charge in [0.05, 0.1) is 6.61 Å². The fourth-order valence-corrected chi connectivity index (χ4v) is 2.59. The molecule has 0 spiro atoms. The van der Waals surface area contributed by atoms with Crippen LogP contribution in [-0.4, -0.2) is 70.3 Å². The summed E-state index contributed by atoms with van der Waals surface area (Å²) < 4.78 is 15.7. The van der Waals surface area contributed by atoms with E-state index in [9.17, 15) is 20.1 Å². The van der Waals surface area contributed by atoms with Crippen molar-refractivity contribution in [3.63, 3.8) is 0 Å². The zero-order chi connectivity index (χ0) is 18.9. The molecule has 26 heavy (non-hydrogen) atoms. The van der Waals surface area contributed by atoms with Gasteiger partial charge in [0.2, 0.25) is 0 Å². The van der Waals surface area contributed by atoms with Crippen LogP contribution in [-0.2, 0) is 25.6 Å². The molecule has 1 aromatic rings. The Labute approximate surface area is 151 Å². The van der Waals surface area contributed by atoms with E-state index in [2.05, 4.69) is 0 Å². The Hall–Kier alpha value is -1.55. The second-order valence-electron chi connectivity index (χ2n) is 6.17. The zero-order valence-electron chi connectivity index (χ0n) is 14.4. The normalized spacial score (nSPS) is 28.7. The van der Waals surface area contributed by atoms with Crippen molar-refractivity contribution >= 4 is 5.97 Å². The highest BCUT2D eigenvalue weighted by Gasteiger charge is 2.43. The van der Waals surface area contributed by atoms with Crippen molar-refractivity contribution in [2.24, 2.45) is 0 Å². The summed E-state index contributed by atoms with van der Waals surface area (Å²) in [4.78, 5) is 11.7. The highest BCUT2D eigenvalue weighted by Crippen LogP contribution is 2.22. The largest absolute Gasteiger partial charge is 0.461 e. The number of aliphatic hydroxyl groups excluding tert-OH is 4. The second-order valence-corrected chi connectivity index (χ2v) is 6.17. The summed E-state index contributed by atoms with van der Waals surface area (Å²) in [6.07, 6.45) is -5.12. The molecule has 1 heterocycles. The Morgan fingerprint density at radius 1 is 1.04 bits per heavy atom. The van der Waals surface area contributed by atoms with Crippen molar-refractivity contribution in [3.8, 4) is 0 Å². The van der Waals surface area contributed by atoms with Gasteiger partial charge < -0.3 is 34.6 Å². The highest BCUT2D eigenvalue weighted by molar-refractivity contribution is 5.69. The van der Waals surface area contributed by atoms with E-state index in [1.165, 1.54) is 0 Å². The smallest absolute Gasteiger partial charge is 0.306 e. The van der Waals surface area contributed by atoms with Crippen LogP contribution in [0.4, 0.5) is 0 Å². The molecule has 0 amide bonds. The number of esters is 1. The summed E-state index contributed by atoms with van der Waals surface area (Å²) in [7, 11) is 0. The molecule has 0 radical (unpaired) electrons. The molecule has 2 rings (SSSR count). The van der Waals surface area contributed by atoms with Crippen LogP contribution in [0.5, 0.6) is 0 Å². The summed E-state index contributed by atoms with van der Waals surface area (Å²) in [5.74, 6) is -0.304. The van der Waals surface area contributed by atoms with Gasteiger partial charge in [-0.05, 0) is 18.4 Å². The van der Waals surface area contributed by atoms with Gasteiger partial charge in [0, 0.05) is 13.0 Å². The van der Waals surface area contributed by atoms with E-state index in [4.69, 9.17) is 19.3 Å². The standard InChI is InChI=1S/C18H26O8/c19-10-13-15(21)16(22)17(23)18(26-13)24-9-5-4-8-14(20)25-11-12-6-2-1-3-7-12/h1-3,6-7,13,15-19,21-23H,4-5,8-11H2/t13?,15-,16?,17-,18+/m1/s1. The third kappa shape index (κ3) is 6.01. The maximum atomic E-state index is 11.7. The van der Waals surface area contributed by atoms with E-state index in [-0.39, 0.29) is 25.6 Å². The number of unbranched alkanes of at least 4 members (excludes halogenated alkanes) is 1. The number of benzene rings is 1. The lowest BCUT2D eigenvalue weighted by Gasteiger charge is -2.39. The van der Waals surface area contributed by atoms with E-state index in [0.29, 0.717) is 12.8 Å². The monoisotopic (exact) mass is 370 g/mol. The van der Waals surface area contributed by atoms with Crippen LogP contribution in [0.2, 0.25) is 0 Å². The molecule has 8 nitrogen and oxygen atoms in total. The first-order chi connectivity index (χ1) is 12.5. The molecular formula is C18H26O8. The molecule has 0 aliphatic carbocycles. The lowest BCUT2D eigenvalue weighted by molar-refractivity contribution is -0.301. The molecular weight excluding hydrogens is 344 g/mol. The van der Waals surface area contributed by atoms with Crippen molar-refractivity contribution < 1.29 is 39.4 Å². The molecule has 1 aliphatic heterocycles. The second kappa shape index (κ2) is 10.6. The van der Waals surface area contributed by atoms with Crippen LogP contribution in [0.3, 0.4) is 0 Å². The number of ether oxygens (including phenoxy) is 3. The van der Waals surface area contributed by atoms with Crippen LogP contribution in [0.15, 0.2) is 30.3 Å². The van der Waals surface area contributed by atoms with Crippen molar-refractivity contribution in [1.29, 1.82) is 0 Å². The van der Waals surface area contributed by atoms with Crippen molar-refractivity contribution in [2.45, 2.75) is 56.6 Å². The third-order valence-electron chi connectivity index (χ3n) is 4.15. The quantitative estimate of drug-likeness (QED) is 0.345. The third-order valence-corrected chi connectivity index (χ3v) is 4.15. The summed E-state index contributed by atoms with van der Waals surface area (Å²) in [5.41, 5.74) is 0.923. The molecule has 5 atom stereocenters. The first-order valence-electron chi connectivity index (χ1n) is 8.64. The Bertz CT molecular complexity index is 535. The Balaban J connectivity index is 1.60. The first kappa shape index (κ1) is 20.8. The lowest BCUT2D eigenvalue weighted by Crippen LogP contribution is -2.59. The fraction of sp³-hybridized carbons (Fsp3) is 0.611. The fourth-order valence-electron chi connectivity index (χ4n) is 2.59. The van der Waals surface area contributed by atoms with Gasteiger partial charge in [-0.1, -0.05) is 30.3 Å². The van der Waals surface area contributed by atoms with Gasteiger partial charge in [-0.25, -0.2) is 0 Å². The minimum absolute atomic E-state index is 0.189. The minimum Gasteiger partial charge on any atom is -0.461 e. The average molecular weight is 370 g/mol. The number of carbonyl (C=O) groups is 1. The Morgan fingerprint density at radius 2 is 1.77 bits per heavy atom. The molecule has 0 saturated carbocycles. The SMILES string of the molecule is O=C(CCCCO[C@H]1OC(CO)[C@@H](O)C(O)[C@H]1O)OCc1ccccc1. The molecule has 2 unspecified atom stereocenters. The first-order valence-corrected chi connectivity index (χ1v) is 8.64. The van der Waals surface area contributed by atoms with E-state index in [1.807, 2.05) is 30.3 Å². The summed E-state index contributed by atoms with van der Waals surface area (Å²) in [6.45, 7) is -0.0756. The van der Waals surface area contributed by atoms with Gasteiger partial charge in [0.1, 0.15) is 31.0 Å². The Kier molecular flexibility index (Phi) is 8.43. The van der Waals surface area contributed by atoms with Gasteiger partial charge in [-0.15, -0.1) is 0 Å². The number of rotatable bonds is 9. The van der Waals surface area contributed by atoms with E-state index in [0.717, 1.165) is 5.56 Å². The predicted molar refractivity (Wildman–Crippen MR) is 89.8 cm³/mol. The summed E-state index contributed by atoms with van der Waals surface area (Å²) >= 11 is 0. The molecule has 146 valence electrons. The van der Waals surface area contributed by atoms with Crippen LogP contribution in [0.25, 0.3) is 0 Å². The van der Waals surface area contributed by atoms with Gasteiger partial charge >= 0.3 is 5.97 Å². The van der Waals surface area contributed by atoms with Crippen molar-refractivity contribution in [3.05, 3.63) is 35.9 Å². The number of hydrogen-bond donors (Lipinski definition) is 4. The molecule has 4 N–H and O–H groups in total. The number of hydrogen-bond acceptors (Lipinski definition) is 8. The zero-order valence-corrected chi connectivity index (χ0v) is 14.4. The topological polar surface area (TPSA) is 126 Å². The molecule has 1 fully saturated rings. The van der Waals surface area contributed by atoms with E-state index >= 15 is 0 Å². The highest BCUT2D eigenvalue weighted by atomic mass is 16.7. The van der Waals surface area contributed by atoms with Gasteiger partial charge in [0.15, 0.2) is 6.29 Å². The van der Waals surface area contributed by atoms with Crippen molar-refractivity contribution in [2.75, 3.05) is 13.2 Å². The van der Waals surface area contributed by atoms with E-state index in [1.54, 1.807) is 0 Å². The molecule has 0 aromatic heterocycles. The van der Waals surface area contributed by atoms with Crippen molar-refractivity contribution in [1.82, 2.24) is 0 Å². The molecule has 1 aliphatic rings. The van der Waals surface area contributed by atoms with Gasteiger partial charge in [0.25, 0.3) is 0 Å². The number of aliphatic hydroxyl groups is 4. The Morgan fingerprint density at radius 3 is 2.46 bits per heavy atom. The number of carbonyl (C=O) groups excluding carboxylic acids is 1. The summed E-state index contributed by atoms with van der Waals surface area (Å²) in [6, 6.07) is 9.39. The molecule has 0 bridgehead atoms. The average Bonchev–Trinajstić information content (AvgIpc) is 2.66. The van der Waals surface area contributed by atoms with Gasteiger partial charge in [-0.2, -0.15) is 0 Å².